The second-order valence-corrected chi connectivity index (χ2v) is 20.4. The molecule has 11 aromatic carbocycles. The van der Waals surface area contributed by atoms with Gasteiger partial charge in [0, 0.05) is 42.6 Å². The number of nitrogens with zero attached hydrogens (tertiary/aromatic N) is 1. The second kappa shape index (κ2) is 16.3. The van der Waals surface area contributed by atoms with Gasteiger partial charge in [-0.2, -0.15) is 0 Å². The molecule has 334 valence electrons. The Morgan fingerprint density at radius 2 is 0.831 bits per heavy atom. The minimum absolute atomic E-state index is 0.421. The van der Waals surface area contributed by atoms with Crippen molar-refractivity contribution >= 4 is 48.6 Å². The fourth-order valence-corrected chi connectivity index (χ4v) is 13.5. The number of benzene rings is 11. The molecule has 0 N–H and O–H groups in total. The van der Waals surface area contributed by atoms with E-state index < -0.39 is 10.8 Å². The van der Waals surface area contributed by atoms with Gasteiger partial charge >= 0.3 is 0 Å². The monoisotopic (exact) mass is 921 g/mol. The highest BCUT2D eigenvalue weighted by molar-refractivity contribution is 7.25. The SMILES string of the molecule is CC1(c2ccccc2)c2cc(N(c3cccc(-c4ccc5c(c4)sc4ccccc45)c3)c3ccc4c(c3)C(c3ccccc3)(c3ccccc3)c3ccccc3-4)ccc2-c2c(-c3ccccc3)cccc21. The lowest BCUT2D eigenvalue weighted by molar-refractivity contribution is 0.714. The predicted molar refractivity (Wildman–Crippen MR) is 300 cm³/mol. The lowest BCUT2D eigenvalue weighted by atomic mass is 9.67. The maximum Gasteiger partial charge on any atom is 0.0714 e. The number of anilines is 3. The molecule has 71 heavy (non-hydrogen) atoms. The van der Waals surface area contributed by atoms with Crippen LogP contribution in [0.5, 0.6) is 0 Å². The van der Waals surface area contributed by atoms with Crippen LogP contribution in [0, 0.1) is 0 Å². The van der Waals surface area contributed by atoms with Crippen molar-refractivity contribution in [3.8, 4) is 44.5 Å². The first-order valence-corrected chi connectivity index (χ1v) is 25.5. The first-order valence-electron chi connectivity index (χ1n) is 24.7. The highest BCUT2D eigenvalue weighted by Crippen LogP contribution is 2.59. The maximum atomic E-state index is 2.51. The van der Waals surface area contributed by atoms with Gasteiger partial charge in [0.05, 0.1) is 5.41 Å². The molecule has 14 rings (SSSR count). The molecule has 0 saturated heterocycles. The number of hydrogen-bond acceptors (Lipinski definition) is 2. The molecule has 0 amide bonds. The molecule has 1 atom stereocenters. The molecule has 1 nitrogen and oxygen atoms in total. The van der Waals surface area contributed by atoms with E-state index in [4.69, 9.17) is 0 Å². The molecule has 2 aliphatic carbocycles. The van der Waals surface area contributed by atoms with Crippen molar-refractivity contribution in [3.05, 3.63) is 306 Å². The Labute approximate surface area is 419 Å². The van der Waals surface area contributed by atoms with E-state index in [1.807, 2.05) is 11.3 Å². The zero-order valence-corrected chi connectivity index (χ0v) is 40.1. The molecule has 1 heterocycles. The van der Waals surface area contributed by atoms with Crippen molar-refractivity contribution in [1.82, 2.24) is 0 Å². The van der Waals surface area contributed by atoms with E-state index in [0.29, 0.717) is 0 Å². The zero-order chi connectivity index (χ0) is 47.1. The average molecular weight is 922 g/mol. The Morgan fingerprint density at radius 1 is 0.310 bits per heavy atom. The molecule has 1 unspecified atom stereocenters. The van der Waals surface area contributed by atoms with Crippen LogP contribution < -0.4 is 4.90 Å². The van der Waals surface area contributed by atoms with Gasteiger partial charge in [-0.1, -0.05) is 218 Å². The van der Waals surface area contributed by atoms with Crippen molar-refractivity contribution in [2.24, 2.45) is 0 Å². The van der Waals surface area contributed by atoms with Gasteiger partial charge < -0.3 is 4.90 Å². The van der Waals surface area contributed by atoms with Crippen molar-refractivity contribution in [3.63, 3.8) is 0 Å². The van der Waals surface area contributed by atoms with E-state index >= 15 is 0 Å². The summed E-state index contributed by atoms with van der Waals surface area (Å²) in [5, 5.41) is 2.62. The molecule has 0 saturated carbocycles. The standard InChI is InChI=1S/C69H47NS/c1-68(49-23-8-3-9-24-49)62-34-19-32-55(46-20-6-2-7-21-46)67(62)60-41-38-53(44-63(60)68)70(52-29-18-22-47(42-52)48-36-39-59-58-31-15-17-35-65(58)71-66(59)43-48)54-37-40-57-56-30-14-16-33-61(56)69(64(57)45-54,50-25-10-4-11-26-50)51-27-12-5-13-28-51/h2-45H,1H3. The van der Waals surface area contributed by atoms with Crippen LogP contribution in [0.4, 0.5) is 17.1 Å². The highest BCUT2D eigenvalue weighted by atomic mass is 32.1. The van der Waals surface area contributed by atoms with Gasteiger partial charge in [0.1, 0.15) is 0 Å². The van der Waals surface area contributed by atoms with Crippen LogP contribution in [0.25, 0.3) is 64.7 Å². The molecule has 2 heteroatoms. The van der Waals surface area contributed by atoms with Gasteiger partial charge in [0.2, 0.25) is 0 Å². The molecular weight excluding hydrogens is 875 g/mol. The van der Waals surface area contributed by atoms with Gasteiger partial charge in [-0.05, 0) is 139 Å². The Hall–Kier alpha value is -8.56. The largest absolute Gasteiger partial charge is 0.310 e. The van der Waals surface area contributed by atoms with Gasteiger partial charge in [0.15, 0.2) is 0 Å². The van der Waals surface area contributed by atoms with E-state index in [1.54, 1.807) is 0 Å². The van der Waals surface area contributed by atoms with E-state index in [-0.39, 0.29) is 0 Å². The number of rotatable bonds is 8. The molecule has 1 aromatic heterocycles. The fourth-order valence-electron chi connectivity index (χ4n) is 12.4. The van der Waals surface area contributed by atoms with Gasteiger partial charge in [-0.3, -0.25) is 0 Å². The third-order valence-electron chi connectivity index (χ3n) is 15.6. The van der Waals surface area contributed by atoms with Gasteiger partial charge in [-0.25, -0.2) is 0 Å². The van der Waals surface area contributed by atoms with Crippen molar-refractivity contribution < 1.29 is 0 Å². The summed E-state index contributed by atoms with van der Waals surface area (Å²) in [5.74, 6) is 0. The maximum absolute atomic E-state index is 2.51. The van der Waals surface area contributed by atoms with Crippen molar-refractivity contribution in [2.75, 3.05) is 4.90 Å². The molecule has 0 spiro atoms. The van der Waals surface area contributed by atoms with Crippen LogP contribution in [0.2, 0.25) is 0 Å². The topological polar surface area (TPSA) is 3.24 Å². The Balaban J connectivity index is 1.02. The smallest absolute Gasteiger partial charge is 0.0714 e. The number of hydrogen-bond donors (Lipinski definition) is 0. The summed E-state index contributed by atoms with van der Waals surface area (Å²) in [6.45, 7) is 2.43. The van der Waals surface area contributed by atoms with Crippen LogP contribution in [-0.4, -0.2) is 0 Å². The lowest BCUT2D eigenvalue weighted by Crippen LogP contribution is -2.28. The number of fused-ring (bicyclic) bond motifs is 9. The summed E-state index contributed by atoms with van der Waals surface area (Å²) in [5.41, 5.74) is 21.3. The first-order chi connectivity index (χ1) is 35.1. The summed E-state index contributed by atoms with van der Waals surface area (Å²) < 4.78 is 2.62. The summed E-state index contributed by atoms with van der Waals surface area (Å²) in [4.78, 5) is 2.51. The quantitative estimate of drug-likeness (QED) is 0.147. The normalized spacial score (nSPS) is 15.0. The average Bonchev–Trinajstić information content (AvgIpc) is 4.06. The third kappa shape index (κ3) is 6.24. The van der Waals surface area contributed by atoms with Crippen LogP contribution in [-0.2, 0) is 10.8 Å². The Kier molecular flexibility index (Phi) is 9.49. The predicted octanol–water partition coefficient (Wildman–Crippen LogP) is 18.6. The van der Waals surface area contributed by atoms with Crippen molar-refractivity contribution in [2.45, 2.75) is 17.8 Å². The first kappa shape index (κ1) is 41.4. The zero-order valence-electron chi connectivity index (χ0n) is 39.3. The van der Waals surface area contributed by atoms with E-state index in [2.05, 4.69) is 279 Å². The molecule has 12 aromatic rings. The Morgan fingerprint density at radius 3 is 1.58 bits per heavy atom. The molecule has 0 radical (unpaired) electrons. The minimum Gasteiger partial charge on any atom is -0.310 e. The van der Waals surface area contributed by atoms with Crippen LogP contribution in [0.15, 0.2) is 267 Å². The molecule has 0 fully saturated rings. The van der Waals surface area contributed by atoms with E-state index in [1.165, 1.54) is 104 Å². The Bertz CT molecular complexity index is 3960. The van der Waals surface area contributed by atoms with Crippen LogP contribution in [0.3, 0.4) is 0 Å². The van der Waals surface area contributed by atoms with Crippen molar-refractivity contribution in [1.29, 1.82) is 0 Å². The molecule has 0 bridgehead atoms. The minimum atomic E-state index is -0.545. The summed E-state index contributed by atoms with van der Waals surface area (Å²) in [7, 11) is 0. The number of thiophene rings is 1. The fraction of sp³-hybridized carbons (Fsp3) is 0.0435. The second-order valence-electron chi connectivity index (χ2n) is 19.3. The van der Waals surface area contributed by atoms with Crippen LogP contribution in [0.1, 0.15) is 45.9 Å². The molecular formula is C69H47NS. The lowest BCUT2D eigenvalue weighted by Gasteiger charge is -2.35. The molecule has 0 aliphatic heterocycles. The summed E-state index contributed by atoms with van der Waals surface area (Å²) >= 11 is 1.87. The van der Waals surface area contributed by atoms with E-state index in [9.17, 15) is 0 Å². The highest BCUT2D eigenvalue weighted by Gasteiger charge is 2.47. The van der Waals surface area contributed by atoms with Crippen LogP contribution >= 0.6 is 11.3 Å². The van der Waals surface area contributed by atoms with E-state index in [0.717, 1.165) is 17.1 Å². The van der Waals surface area contributed by atoms with Gasteiger partial charge in [0.25, 0.3) is 0 Å². The van der Waals surface area contributed by atoms with Gasteiger partial charge in [-0.15, -0.1) is 11.3 Å². The third-order valence-corrected chi connectivity index (χ3v) is 16.8. The molecule has 2 aliphatic rings. The summed E-state index contributed by atoms with van der Waals surface area (Å²) in [6, 6.07) is 99.6. The summed E-state index contributed by atoms with van der Waals surface area (Å²) in [6.07, 6.45) is 0.